The van der Waals surface area contributed by atoms with Crippen LogP contribution in [-0.2, 0) is 9.53 Å². The minimum Gasteiger partial charge on any atom is -0.383 e. The van der Waals surface area contributed by atoms with Crippen LogP contribution >= 0.6 is 11.6 Å². The fraction of sp³-hybridized carbons (Fsp3) is 0.529. The van der Waals surface area contributed by atoms with Gasteiger partial charge in [-0.15, -0.1) is 0 Å². The Bertz CT molecular complexity index is 565. The largest absolute Gasteiger partial charge is 0.383 e. The van der Waals surface area contributed by atoms with Crippen molar-refractivity contribution in [3.8, 4) is 0 Å². The summed E-state index contributed by atoms with van der Waals surface area (Å²) in [7, 11) is 1.60. The Morgan fingerprint density at radius 3 is 2.87 bits per heavy atom. The number of carbonyl (C=O) groups excluding carboxylic acids is 2. The van der Waals surface area contributed by atoms with Crippen LogP contribution in [0.5, 0.6) is 0 Å². The second-order valence-electron chi connectivity index (χ2n) is 5.87. The molecule has 2 amide bonds. The number of likely N-dealkylation sites (tertiary alicyclic amines) is 1. The topological polar surface area (TPSA) is 58.6 Å². The number of halogens is 1. The number of piperidine rings is 1. The molecule has 2 atom stereocenters. The Hall–Kier alpha value is -1.59. The van der Waals surface area contributed by atoms with Gasteiger partial charge in [-0.1, -0.05) is 17.7 Å². The van der Waals surface area contributed by atoms with E-state index in [1.54, 1.807) is 36.3 Å². The maximum absolute atomic E-state index is 12.7. The van der Waals surface area contributed by atoms with Crippen LogP contribution < -0.4 is 5.32 Å². The molecule has 1 fully saturated rings. The number of carbonyl (C=O) groups is 2. The van der Waals surface area contributed by atoms with Crippen molar-refractivity contribution < 1.29 is 14.3 Å². The van der Waals surface area contributed by atoms with Crippen LogP contribution in [0.2, 0.25) is 5.02 Å². The number of ether oxygens (including phenoxy) is 1. The van der Waals surface area contributed by atoms with Gasteiger partial charge in [-0.05, 0) is 38.0 Å². The average Bonchev–Trinajstić information content (AvgIpc) is 2.54. The summed E-state index contributed by atoms with van der Waals surface area (Å²) in [5.41, 5.74) is 0.560. The monoisotopic (exact) mass is 338 g/mol. The van der Waals surface area contributed by atoms with Crippen LogP contribution in [-0.4, -0.2) is 49.6 Å². The van der Waals surface area contributed by atoms with Crippen molar-refractivity contribution in [3.63, 3.8) is 0 Å². The van der Waals surface area contributed by atoms with Crippen LogP contribution in [0.1, 0.15) is 30.1 Å². The van der Waals surface area contributed by atoms with Gasteiger partial charge in [-0.3, -0.25) is 9.59 Å². The number of hydrogen-bond donors (Lipinski definition) is 1. The van der Waals surface area contributed by atoms with Crippen LogP contribution in [0.3, 0.4) is 0 Å². The van der Waals surface area contributed by atoms with E-state index in [2.05, 4.69) is 5.32 Å². The van der Waals surface area contributed by atoms with Gasteiger partial charge in [0.25, 0.3) is 5.91 Å². The Labute approximate surface area is 141 Å². The van der Waals surface area contributed by atoms with Crippen LogP contribution in [0, 0.1) is 5.92 Å². The summed E-state index contributed by atoms with van der Waals surface area (Å²) >= 11 is 5.97. The lowest BCUT2D eigenvalue weighted by Gasteiger charge is -2.37. The third kappa shape index (κ3) is 4.69. The molecule has 1 aromatic rings. The highest BCUT2D eigenvalue weighted by Gasteiger charge is 2.32. The molecule has 1 N–H and O–H groups in total. The number of methoxy groups -OCH3 is 1. The normalized spacial score (nSPS) is 21.1. The fourth-order valence-electron chi connectivity index (χ4n) is 2.81. The summed E-state index contributed by atoms with van der Waals surface area (Å²) in [5, 5.41) is 3.39. The number of nitrogens with zero attached hydrogens (tertiary/aromatic N) is 1. The molecule has 0 bridgehead atoms. The molecule has 1 saturated heterocycles. The van der Waals surface area contributed by atoms with E-state index in [9.17, 15) is 9.59 Å². The second-order valence-corrected chi connectivity index (χ2v) is 6.31. The van der Waals surface area contributed by atoms with E-state index in [0.29, 0.717) is 30.3 Å². The van der Waals surface area contributed by atoms with E-state index in [1.807, 2.05) is 6.92 Å². The van der Waals surface area contributed by atoms with Crippen molar-refractivity contribution in [2.75, 3.05) is 26.8 Å². The summed E-state index contributed by atoms with van der Waals surface area (Å²) in [5.74, 6) is -0.265. The second kappa shape index (κ2) is 8.31. The Balaban J connectivity index is 2.03. The molecule has 0 radical (unpaired) electrons. The van der Waals surface area contributed by atoms with Crippen molar-refractivity contribution in [1.29, 1.82) is 0 Å². The Morgan fingerprint density at radius 2 is 2.17 bits per heavy atom. The molecule has 0 aliphatic carbocycles. The minimum atomic E-state index is -0.175. The molecule has 0 saturated carbocycles. The molecule has 0 aromatic heterocycles. The van der Waals surface area contributed by atoms with Gasteiger partial charge in [0.1, 0.15) is 0 Å². The lowest BCUT2D eigenvalue weighted by molar-refractivity contribution is -0.126. The van der Waals surface area contributed by atoms with Gasteiger partial charge in [0, 0.05) is 36.8 Å². The van der Waals surface area contributed by atoms with E-state index < -0.39 is 0 Å². The lowest BCUT2D eigenvalue weighted by atomic mass is 9.92. The number of benzene rings is 1. The van der Waals surface area contributed by atoms with Crippen molar-refractivity contribution in [2.45, 2.75) is 25.8 Å². The number of rotatable bonds is 5. The van der Waals surface area contributed by atoms with Crippen molar-refractivity contribution in [1.82, 2.24) is 10.2 Å². The van der Waals surface area contributed by atoms with Gasteiger partial charge < -0.3 is 15.0 Å². The first-order valence-corrected chi connectivity index (χ1v) is 8.24. The molecular weight excluding hydrogens is 316 g/mol. The zero-order valence-corrected chi connectivity index (χ0v) is 14.3. The first kappa shape index (κ1) is 17.8. The van der Waals surface area contributed by atoms with Gasteiger partial charge in [0.15, 0.2) is 0 Å². The molecule has 6 heteroatoms. The van der Waals surface area contributed by atoms with Crippen LogP contribution in [0.25, 0.3) is 0 Å². The molecule has 1 aromatic carbocycles. The quantitative estimate of drug-likeness (QED) is 0.838. The van der Waals surface area contributed by atoms with E-state index in [4.69, 9.17) is 16.3 Å². The lowest BCUT2D eigenvalue weighted by Crippen LogP contribution is -2.49. The van der Waals surface area contributed by atoms with Crippen molar-refractivity contribution in [2.24, 2.45) is 5.92 Å². The Morgan fingerprint density at radius 1 is 1.39 bits per heavy atom. The summed E-state index contributed by atoms with van der Waals surface area (Å²) in [4.78, 5) is 26.7. The summed E-state index contributed by atoms with van der Waals surface area (Å²) in [6, 6.07) is 7.04. The molecule has 5 nitrogen and oxygen atoms in total. The maximum Gasteiger partial charge on any atom is 0.254 e. The average molecular weight is 339 g/mol. The fourth-order valence-corrected chi connectivity index (χ4v) is 3.00. The molecule has 2 rings (SSSR count). The maximum atomic E-state index is 12.7. The predicted molar refractivity (Wildman–Crippen MR) is 89.6 cm³/mol. The molecule has 23 heavy (non-hydrogen) atoms. The molecule has 1 aliphatic heterocycles. The summed E-state index contributed by atoms with van der Waals surface area (Å²) in [6.07, 6.45) is 1.61. The highest BCUT2D eigenvalue weighted by atomic mass is 35.5. The standard InChI is InChI=1S/C17H23ClN2O3/c1-12-6-7-14(16(21)19-8-9-23-2)11-20(12)17(22)13-4-3-5-15(18)10-13/h3-5,10,12,14H,6-9,11H2,1-2H3,(H,19,21). The molecule has 0 spiro atoms. The van der Waals surface area contributed by atoms with Crippen LogP contribution in [0.15, 0.2) is 24.3 Å². The molecule has 1 heterocycles. The molecular formula is C17H23ClN2O3. The van der Waals surface area contributed by atoms with E-state index >= 15 is 0 Å². The molecule has 126 valence electrons. The highest BCUT2D eigenvalue weighted by molar-refractivity contribution is 6.30. The summed E-state index contributed by atoms with van der Waals surface area (Å²) in [6.45, 7) is 3.43. The van der Waals surface area contributed by atoms with E-state index in [-0.39, 0.29) is 23.8 Å². The van der Waals surface area contributed by atoms with E-state index in [0.717, 1.165) is 12.8 Å². The van der Waals surface area contributed by atoms with Gasteiger partial charge in [0.2, 0.25) is 5.91 Å². The number of hydrogen-bond acceptors (Lipinski definition) is 3. The van der Waals surface area contributed by atoms with E-state index in [1.165, 1.54) is 0 Å². The number of nitrogens with one attached hydrogen (secondary N) is 1. The zero-order chi connectivity index (χ0) is 16.8. The third-order valence-corrected chi connectivity index (χ3v) is 4.43. The van der Waals surface area contributed by atoms with Crippen molar-refractivity contribution in [3.05, 3.63) is 34.9 Å². The SMILES string of the molecule is COCCNC(=O)C1CCC(C)N(C(=O)c2cccc(Cl)c2)C1. The summed E-state index contributed by atoms with van der Waals surface area (Å²) < 4.78 is 4.93. The van der Waals surface area contributed by atoms with Gasteiger partial charge in [-0.2, -0.15) is 0 Å². The van der Waals surface area contributed by atoms with Crippen molar-refractivity contribution >= 4 is 23.4 Å². The predicted octanol–water partition coefficient (Wildman–Crippen LogP) is 2.34. The Kier molecular flexibility index (Phi) is 6.42. The smallest absolute Gasteiger partial charge is 0.254 e. The van der Waals surface area contributed by atoms with Gasteiger partial charge in [-0.25, -0.2) is 0 Å². The zero-order valence-electron chi connectivity index (χ0n) is 13.5. The number of amides is 2. The van der Waals surface area contributed by atoms with Gasteiger partial charge >= 0.3 is 0 Å². The highest BCUT2D eigenvalue weighted by Crippen LogP contribution is 2.24. The van der Waals surface area contributed by atoms with Gasteiger partial charge in [0.05, 0.1) is 12.5 Å². The third-order valence-electron chi connectivity index (χ3n) is 4.19. The molecule has 1 aliphatic rings. The molecule has 2 unspecified atom stereocenters. The first-order chi connectivity index (χ1) is 11.0. The minimum absolute atomic E-state index is 0.0159. The van der Waals surface area contributed by atoms with Crippen LogP contribution in [0.4, 0.5) is 0 Å². The first-order valence-electron chi connectivity index (χ1n) is 7.86.